The minimum absolute atomic E-state index is 0.0167. The van der Waals surface area contributed by atoms with E-state index in [9.17, 15) is 14.0 Å². The van der Waals surface area contributed by atoms with Crippen LogP contribution in [0.3, 0.4) is 0 Å². The monoisotopic (exact) mass is 369 g/mol. The smallest absolute Gasteiger partial charge is 0.254 e. The second kappa shape index (κ2) is 8.29. The van der Waals surface area contributed by atoms with Crippen molar-refractivity contribution in [3.63, 3.8) is 0 Å². The summed E-state index contributed by atoms with van der Waals surface area (Å²) in [5.74, 6) is -0.182. The molecule has 2 aromatic rings. The summed E-state index contributed by atoms with van der Waals surface area (Å²) in [6, 6.07) is 9.49. The van der Waals surface area contributed by atoms with Gasteiger partial charge in [-0.25, -0.2) is 4.39 Å². The first-order valence-corrected chi connectivity index (χ1v) is 9.19. The van der Waals surface area contributed by atoms with Crippen molar-refractivity contribution in [1.82, 2.24) is 14.8 Å². The van der Waals surface area contributed by atoms with Gasteiger partial charge in [0.1, 0.15) is 5.82 Å². The molecule has 2 amide bonds. The molecular formula is C21H24FN3O2. The molecule has 27 heavy (non-hydrogen) atoms. The lowest BCUT2D eigenvalue weighted by atomic mass is 10.0. The predicted molar refractivity (Wildman–Crippen MR) is 100 cm³/mol. The lowest BCUT2D eigenvalue weighted by Gasteiger charge is -2.34. The summed E-state index contributed by atoms with van der Waals surface area (Å²) in [7, 11) is 0. The second-order valence-electron chi connectivity index (χ2n) is 7.20. The molecule has 1 unspecified atom stereocenters. The van der Waals surface area contributed by atoms with Crippen molar-refractivity contribution in [2.75, 3.05) is 13.1 Å². The molecular weight excluding hydrogens is 345 g/mol. The minimum atomic E-state index is -0.296. The Balaban J connectivity index is 1.82. The average Bonchev–Trinajstić information content (AvgIpc) is 2.83. The third kappa shape index (κ3) is 4.51. The van der Waals surface area contributed by atoms with Gasteiger partial charge < -0.3 is 9.80 Å². The van der Waals surface area contributed by atoms with Gasteiger partial charge in [-0.15, -0.1) is 0 Å². The molecule has 0 bridgehead atoms. The molecule has 6 heteroatoms. The third-order valence-electron chi connectivity index (χ3n) is 4.97. The molecule has 0 aliphatic carbocycles. The van der Waals surface area contributed by atoms with E-state index >= 15 is 0 Å². The molecule has 1 aliphatic heterocycles. The van der Waals surface area contributed by atoms with Crippen molar-refractivity contribution in [2.24, 2.45) is 5.92 Å². The summed E-state index contributed by atoms with van der Waals surface area (Å²) in [5, 5.41) is 0. The zero-order valence-corrected chi connectivity index (χ0v) is 15.6. The third-order valence-corrected chi connectivity index (χ3v) is 4.97. The van der Waals surface area contributed by atoms with Gasteiger partial charge >= 0.3 is 0 Å². The van der Waals surface area contributed by atoms with Crippen LogP contribution in [-0.2, 0) is 11.3 Å². The van der Waals surface area contributed by atoms with Crippen LogP contribution in [0, 0.1) is 11.7 Å². The van der Waals surface area contributed by atoms with Crippen molar-refractivity contribution in [2.45, 2.75) is 32.9 Å². The van der Waals surface area contributed by atoms with Crippen molar-refractivity contribution in [3.05, 3.63) is 65.7 Å². The number of benzene rings is 1. The Morgan fingerprint density at radius 1 is 1.19 bits per heavy atom. The lowest BCUT2D eigenvalue weighted by molar-refractivity contribution is -0.134. The van der Waals surface area contributed by atoms with E-state index in [1.165, 1.54) is 12.1 Å². The van der Waals surface area contributed by atoms with Gasteiger partial charge in [0.15, 0.2) is 0 Å². The van der Waals surface area contributed by atoms with Gasteiger partial charge in [0.05, 0.1) is 6.04 Å². The van der Waals surface area contributed by atoms with Crippen molar-refractivity contribution >= 4 is 11.8 Å². The summed E-state index contributed by atoms with van der Waals surface area (Å²) in [6.07, 6.45) is 3.47. The molecule has 5 nitrogen and oxygen atoms in total. The summed E-state index contributed by atoms with van der Waals surface area (Å²) in [5.41, 5.74) is 1.45. The number of nitrogens with zero attached hydrogens (tertiary/aromatic N) is 3. The van der Waals surface area contributed by atoms with E-state index in [2.05, 4.69) is 18.8 Å². The van der Waals surface area contributed by atoms with E-state index in [4.69, 9.17) is 0 Å². The SMILES string of the molecule is CC(C)C1CN(C(=O)c2ccncc2)CCC(=O)N1Cc1ccc(F)cc1. The molecule has 0 N–H and O–H groups in total. The fraction of sp³-hybridized carbons (Fsp3) is 0.381. The molecule has 142 valence electrons. The summed E-state index contributed by atoms with van der Waals surface area (Å²) in [6.45, 7) is 5.39. The maximum atomic E-state index is 13.2. The highest BCUT2D eigenvalue weighted by atomic mass is 19.1. The summed E-state index contributed by atoms with van der Waals surface area (Å²) < 4.78 is 13.2. The highest BCUT2D eigenvalue weighted by molar-refractivity contribution is 5.94. The van der Waals surface area contributed by atoms with Gasteiger partial charge in [0, 0.05) is 44.0 Å². The Morgan fingerprint density at radius 3 is 2.48 bits per heavy atom. The number of aromatic nitrogens is 1. The van der Waals surface area contributed by atoms with Crippen molar-refractivity contribution in [3.8, 4) is 0 Å². The number of hydrogen-bond donors (Lipinski definition) is 0. The second-order valence-corrected chi connectivity index (χ2v) is 7.20. The van der Waals surface area contributed by atoms with Gasteiger partial charge in [-0.2, -0.15) is 0 Å². The molecule has 0 spiro atoms. The summed E-state index contributed by atoms with van der Waals surface area (Å²) >= 11 is 0. The average molecular weight is 369 g/mol. The van der Waals surface area contributed by atoms with Gasteiger partial charge in [-0.1, -0.05) is 26.0 Å². The van der Waals surface area contributed by atoms with Gasteiger partial charge in [-0.3, -0.25) is 14.6 Å². The maximum absolute atomic E-state index is 13.2. The van der Waals surface area contributed by atoms with Crippen LogP contribution < -0.4 is 0 Å². The first-order valence-electron chi connectivity index (χ1n) is 9.19. The molecule has 0 saturated carbocycles. The standard InChI is InChI=1S/C21H24FN3O2/c1-15(2)19-14-24(21(27)17-7-10-23-11-8-17)12-9-20(26)25(19)13-16-3-5-18(22)6-4-16/h3-8,10-11,15,19H,9,12-14H2,1-2H3. The van der Waals surface area contributed by atoms with Crippen molar-refractivity contribution < 1.29 is 14.0 Å². The number of carbonyl (C=O) groups is 2. The maximum Gasteiger partial charge on any atom is 0.254 e. The van der Waals surface area contributed by atoms with Crippen LogP contribution in [0.2, 0.25) is 0 Å². The Bertz CT molecular complexity index is 793. The fourth-order valence-electron chi connectivity index (χ4n) is 3.40. The number of hydrogen-bond acceptors (Lipinski definition) is 3. The first-order chi connectivity index (χ1) is 13.0. The van der Waals surface area contributed by atoms with E-state index in [1.807, 2.05) is 4.90 Å². The predicted octanol–water partition coefficient (Wildman–Crippen LogP) is 3.12. The van der Waals surface area contributed by atoms with Crippen molar-refractivity contribution in [1.29, 1.82) is 0 Å². The molecule has 2 heterocycles. The Labute approximate surface area is 158 Å². The molecule has 1 atom stereocenters. The van der Waals surface area contributed by atoms with Crippen LogP contribution in [0.1, 0.15) is 36.2 Å². The largest absolute Gasteiger partial charge is 0.336 e. The lowest BCUT2D eigenvalue weighted by Crippen LogP contribution is -2.47. The van der Waals surface area contributed by atoms with Gasteiger partial charge in [0.2, 0.25) is 5.91 Å². The number of amides is 2. The van der Waals surface area contributed by atoms with Crippen LogP contribution in [0.4, 0.5) is 4.39 Å². The molecule has 0 radical (unpaired) electrons. The zero-order valence-electron chi connectivity index (χ0n) is 15.6. The minimum Gasteiger partial charge on any atom is -0.336 e. The van der Waals surface area contributed by atoms with E-state index in [1.54, 1.807) is 41.6 Å². The highest BCUT2D eigenvalue weighted by Crippen LogP contribution is 2.22. The number of pyridine rings is 1. The molecule has 1 aromatic carbocycles. The van der Waals surface area contributed by atoms with Crippen LogP contribution >= 0.6 is 0 Å². The molecule has 1 aliphatic rings. The van der Waals surface area contributed by atoms with Crippen LogP contribution in [0.15, 0.2) is 48.8 Å². The van der Waals surface area contributed by atoms with E-state index in [0.717, 1.165) is 5.56 Å². The van der Waals surface area contributed by atoms with E-state index in [0.29, 0.717) is 25.2 Å². The van der Waals surface area contributed by atoms with Gasteiger partial charge in [-0.05, 0) is 35.7 Å². The fourth-order valence-corrected chi connectivity index (χ4v) is 3.40. The number of halogens is 1. The first kappa shape index (κ1) is 19.0. The topological polar surface area (TPSA) is 53.5 Å². The molecule has 1 saturated heterocycles. The number of rotatable bonds is 4. The molecule has 1 fully saturated rings. The normalized spacial score (nSPS) is 17.9. The van der Waals surface area contributed by atoms with Crippen LogP contribution in [0.25, 0.3) is 0 Å². The Kier molecular flexibility index (Phi) is 5.84. The quantitative estimate of drug-likeness (QED) is 0.832. The molecule has 3 rings (SSSR count). The van der Waals surface area contributed by atoms with Crippen LogP contribution in [0.5, 0.6) is 0 Å². The van der Waals surface area contributed by atoms with Gasteiger partial charge in [0.25, 0.3) is 5.91 Å². The molecule has 1 aromatic heterocycles. The van der Waals surface area contributed by atoms with Crippen LogP contribution in [-0.4, -0.2) is 45.7 Å². The van der Waals surface area contributed by atoms with E-state index in [-0.39, 0.29) is 36.0 Å². The zero-order chi connectivity index (χ0) is 19.4. The Morgan fingerprint density at radius 2 is 1.85 bits per heavy atom. The summed E-state index contributed by atoms with van der Waals surface area (Å²) in [4.78, 5) is 33.2. The number of carbonyl (C=O) groups excluding carboxylic acids is 2. The highest BCUT2D eigenvalue weighted by Gasteiger charge is 2.33. The van der Waals surface area contributed by atoms with E-state index < -0.39 is 0 Å². The Hall–Kier alpha value is -2.76.